The number of carbonyl (C=O) groups is 1. The lowest BCUT2D eigenvalue weighted by Crippen LogP contribution is -2.00. The first-order valence-electron chi connectivity index (χ1n) is 9.47. The summed E-state index contributed by atoms with van der Waals surface area (Å²) in [5.74, 6) is -0.344. The largest absolute Gasteiger partial charge is 0.465 e. The highest BCUT2D eigenvalue weighted by Crippen LogP contribution is 2.33. The van der Waals surface area contributed by atoms with E-state index in [0.717, 1.165) is 35.3 Å². The summed E-state index contributed by atoms with van der Waals surface area (Å²) in [4.78, 5) is 11.7. The Labute approximate surface area is 165 Å². The van der Waals surface area contributed by atoms with Crippen molar-refractivity contribution < 1.29 is 9.53 Å². The van der Waals surface area contributed by atoms with Gasteiger partial charge in [0.1, 0.15) is 0 Å². The molecule has 0 aliphatic heterocycles. The van der Waals surface area contributed by atoms with Gasteiger partial charge in [0, 0.05) is 5.56 Å². The van der Waals surface area contributed by atoms with E-state index in [1.54, 1.807) is 12.1 Å². The number of carbonyl (C=O) groups excluding carboxylic acids is 1. The van der Waals surface area contributed by atoms with Crippen LogP contribution in [0.15, 0.2) is 77.0 Å². The zero-order valence-electron chi connectivity index (χ0n) is 16.5. The van der Waals surface area contributed by atoms with Crippen LogP contribution in [0.2, 0.25) is 0 Å². The molecule has 0 spiro atoms. The first-order valence-corrected chi connectivity index (χ1v) is 9.47. The van der Waals surface area contributed by atoms with Gasteiger partial charge in [-0.2, -0.15) is 5.11 Å². The van der Waals surface area contributed by atoms with Crippen LogP contribution in [0.25, 0.3) is 11.1 Å². The number of ether oxygens (including phenoxy) is 1. The van der Waals surface area contributed by atoms with Gasteiger partial charge >= 0.3 is 5.97 Å². The Bertz CT molecular complexity index is 992. The summed E-state index contributed by atoms with van der Waals surface area (Å²) in [5.41, 5.74) is 6.57. The summed E-state index contributed by atoms with van der Waals surface area (Å²) in [6, 6.07) is 21.7. The van der Waals surface area contributed by atoms with Crippen LogP contribution in [0.5, 0.6) is 0 Å². The quantitative estimate of drug-likeness (QED) is 0.358. The number of hydrogen-bond donors (Lipinski definition) is 0. The van der Waals surface area contributed by atoms with Gasteiger partial charge in [0.15, 0.2) is 0 Å². The summed E-state index contributed by atoms with van der Waals surface area (Å²) in [7, 11) is 1.38. The zero-order valence-corrected chi connectivity index (χ0v) is 16.5. The average molecular weight is 372 g/mol. The molecule has 0 saturated heterocycles. The van der Waals surface area contributed by atoms with Crippen LogP contribution < -0.4 is 0 Å². The second-order valence-corrected chi connectivity index (χ2v) is 6.50. The molecule has 0 heterocycles. The lowest BCUT2D eigenvalue weighted by Gasteiger charge is -2.08. The molecule has 3 aromatic rings. The number of benzene rings is 3. The van der Waals surface area contributed by atoms with Gasteiger partial charge < -0.3 is 4.74 Å². The molecule has 0 radical (unpaired) electrons. The van der Waals surface area contributed by atoms with Gasteiger partial charge in [-0.05, 0) is 59.9 Å². The van der Waals surface area contributed by atoms with Crippen molar-refractivity contribution in [2.24, 2.45) is 10.2 Å². The molecule has 4 heteroatoms. The maximum Gasteiger partial charge on any atom is 0.337 e. The Kier molecular flexibility index (Phi) is 6.33. The van der Waals surface area contributed by atoms with E-state index in [1.807, 2.05) is 24.3 Å². The Morgan fingerprint density at radius 1 is 0.857 bits per heavy atom. The monoisotopic (exact) mass is 372 g/mol. The van der Waals surface area contributed by atoms with Gasteiger partial charge in [0.2, 0.25) is 0 Å². The lowest BCUT2D eigenvalue weighted by molar-refractivity contribution is 0.0601. The second-order valence-electron chi connectivity index (χ2n) is 6.50. The standard InChI is InChI=1S/C24H24N2O2/c1-4-17-7-6-8-21(15-17)25-26-23-16-18(5-2)9-14-22(23)19-10-12-20(13-11-19)24(27)28-3/h6-16H,4-5H2,1-3H3. The van der Waals surface area contributed by atoms with Gasteiger partial charge in [0.05, 0.1) is 24.0 Å². The summed E-state index contributed by atoms with van der Waals surface area (Å²) in [6.07, 6.45) is 1.89. The van der Waals surface area contributed by atoms with E-state index < -0.39 is 0 Å². The molecular formula is C24H24N2O2. The molecule has 3 rings (SSSR count). The van der Waals surface area contributed by atoms with E-state index in [-0.39, 0.29) is 5.97 Å². The van der Waals surface area contributed by atoms with Crippen molar-refractivity contribution in [2.75, 3.05) is 7.11 Å². The lowest BCUT2D eigenvalue weighted by atomic mass is 10.00. The summed E-state index contributed by atoms with van der Waals surface area (Å²) in [5, 5.41) is 9.00. The third-order valence-corrected chi connectivity index (χ3v) is 4.68. The molecule has 0 fully saturated rings. The summed E-state index contributed by atoms with van der Waals surface area (Å²) >= 11 is 0. The van der Waals surface area contributed by atoms with Gasteiger partial charge in [0.25, 0.3) is 0 Å². The van der Waals surface area contributed by atoms with Crippen molar-refractivity contribution in [1.82, 2.24) is 0 Å². The summed E-state index contributed by atoms with van der Waals surface area (Å²) in [6.45, 7) is 4.24. The first kappa shape index (κ1) is 19.5. The van der Waals surface area contributed by atoms with E-state index >= 15 is 0 Å². The molecule has 0 aliphatic carbocycles. The minimum Gasteiger partial charge on any atom is -0.465 e. The Morgan fingerprint density at radius 3 is 2.25 bits per heavy atom. The number of methoxy groups -OCH3 is 1. The van der Waals surface area contributed by atoms with Gasteiger partial charge in [-0.15, -0.1) is 5.11 Å². The molecule has 0 aromatic heterocycles. The van der Waals surface area contributed by atoms with Crippen LogP contribution in [-0.2, 0) is 17.6 Å². The van der Waals surface area contributed by atoms with Crippen LogP contribution in [0.4, 0.5) is 11.4 Å². The maximum atomic E-state index is 11.7. The van der Waals surface area contributed by atoms with Crippen molar-refractivity contribution in [3.63, 3.8) is 0 Å². The molecule has 142 valence electrons. The highest BCUT2D eigenvalue weighted by atomic mass is 16.5. The van der Waals surface area contributed by atoms with Crippen molar-refractivity contribution in [3.05, 3.63) is 83.4 Å². The van der Waals surface area contributed by atoms with Gasteiger partial charge in [-0.1, -0.05) is 50.2 Å². The van der Waals surface area contributed by atoms with Crippen molar-refractivity contribution in [1.29, 1.82) is 0 Å². The Hall–Kier alpha value is -3.27. The highest BCUT2D eigenvalue weighted by Gasteiger charge is 2.09. The van der Waals surface area contributed by atoms with Crippen LogP contribution in [0.1, 0.15) is 35.3 Å². The van der Waals surface area contributed by atoms with E-state index in [0.29, 0.717) is 5.56 Å². The molecule has 0 atom stereocenters. The molecule has 28 heavy (non-hydrogen) atoms. The fraction of sp³-hybridized carbons (Fsp3) is 0.208. The van der Waals surface area contributed by atoms with Crippen molar-refractivity contribution in [3.8, 4) is 11.1 Å². The zero-order chi connectivity index (χ0) is 19.9. The topological polar surface area (TPSA) is 51.0 Å². The molecule has 3 aromatic carbocycles. The van der Waals surface area contributed by atoms with E-state index in [4.69, 9.17) is 4.74 Å². The number of nitrogens with zero attached hydrogens (tertiary/aromatic N) is 2. The fourth-order valence-corrected chi connectivity index (χ4v) is 2.98. The van der Waals surface area contributed by atoms with Crippen LogP contribution >= 0.6 is 0 Å². The number of azo groups is 1. The van der Waals surface area contributed by atoms with Gasteiger partial charge in [-0.25, -0.2) is 4.79 Å². The second kappa shape index (κ2) is 9.09. The summed E-state index contributed by atoms with van der Waals surface area (Å²) < 4.78 is 4.77. The first-order chi connectivity index (χ1) is 13.6. The molecule has 0 amide bonds. The SMILES string of the molecule is CCc1cccc(N=Nc2cc(CC)ccc2-c2ccc(C(=O)OC)cc2)c1. The number of hydrogen-bond acceptors (Lipinski definition) is 4. The van der Waals surface area contributed by atoms with Gasteiger partial charge in [-0.3, -0.25) is 0 Å². The minimum absolute atomic E-state index is 0.344. The van der Waals surface area contributed by atoms with Crippen LogP contribution in [0.3, 0.4) is 0 Å². The maximum absolute atomic E-state index is 11.7. The van der Waals surface area contributed by atoms with Crippen LogP contribution in [0, 0.1) is 0 Å². The van der Waals surface area contributed by atoms with E-state index in [9.17, 15) is 4.79 Å². The average Bonchev–Trinajstić information content (AvgIpc) is 2.77. The molecule has 0 aliphatic rings. The number of aryl methyl sites for hydroxylation is 2. The minimum atomic E-state index is -0.344. The third kappa shape index (κ3) is 4.52. The Morgan fingerprint density at radius 2 is 1.57 bits per heavy atom. The fourth-order valence-electron chi connectivity index (χ4n) is 2.98. The number of rotatable bonds is 6. The highest BCUT2D eigenvalue weighted by molar-refractivity contribution is 5.90. The predicted octanol–water partition coefficient (Wildman–Crippen LogP) is 6.68. The molecule has 0 saturated carbocycles. The Balaban J connectivity index is 1.98. The molecule has 0 bridgehead atoms. The van der Waals surface area contributed by atoms with Crippen molar-refractivity contribution >= 4 is 17.3 Å². The predicted molar refractivity (Wildman–Crippen MR) is 113 cm³/mol. The smallest absolute Gasteiger partial charge is 0.337 e. The van der Waals surface area contributed by atoms with E-state index in [1.165, 1.54) is 18.2 Å². The molecule has 4 nitrogen and oxygen atoms in total. The normalized spacial score (nSPS) is 11.0. The van der Waals surface area contributed by atoms with Crippen LogP contribution in [-0.4, -0.2) is 13.1 Å². The molecule has 0 N–H and O–H groups in total. The molecular weight excluding hydrogens is 348 g/mol. The molecule has 0 unspecified atom stereocenters. The number of esters is 1. The third-order valence-electron chi connectivity index (χ3n) is 4.68. The van der Waals surface area contributed by atoms with E-state index in [2.05, 4.69) is 54.4 Å². The van der Waals surface area contributed by atoms with Crippen molar-refractivity contribution in [2.45, 2.75) is 26.7 Å².